The number of pyridine rings is 1. The molecule has 0 radical (unpaired) electrons. The van der Waals surface area contributed by atoms with Gasteiger partial charge in [-0.15, -0.1) is 0 Å². The number of aryl methyl sites for hydroxylation is 1. The van der Waals surface area contributed by atoms with Gasteiger partial charge in [-0.05, 0) is 67.8 Å². The van der Waals surface area contributed by atoms with Crippen LogP contribution in [0.4, 0.5) is 0 Å². The summed E-state index contributed by atoms with van der Waals surface area (Å²) >= 11 is 13.7. The van der Waals surface area contributed by atoms with Gasteiger partial charge < -0.3 is 9.64 Å². The Bertz CT molecular complexity index is 1130. The molecule has 3 heterocycles. The molecule has 0 fully saturated rings. The van der Waals surface area contributed by atoms with E-state index in [1.54, 1.807) is 12.3 Å². The van der Waals surface area contributed by atoms with Crippen molar-refractivity contribution in [1.29, 1.82) is 0 Å². The van der Waals surface area contributed by atoms with Gasteiger partial charge in [0.25, 0.3) is 0 Å². The highest BCUT2D eigenvalue weighted by atomic mass is 35.5. The monoisotopic (exact) mass is 489 g/mol. The molecule has 0 saturated heterocycles. The molecular formula is C24H25Cl2N3O2S. The molecule has 1 aromatic carbocycles. The minimum Gasteiger partial charge on any atom is -0.462 e. The van der Waals surface area contributed by atoms with Gasteiger partial charge in [0.15, 0.2) is 5.17 Å². The smallest absolute Gasteiger partial charge is 0.346 e. The van der Waals surface area contributed by atoms with Crippen LogP contribution in [0.15, 0.2) is 52.1 Å². The summed E-state index contributed by atoms with van der Waals surface area (Å²) in [5.41, 5.74) is 3.39. The van der Waals surface area contributed by atoms with Crippen LogP contribution in [0.3, 0.4) is 0 Å². The van der Waals surface area contributed by atoms with Crippen molar-refractivity contribution in [3.63, 3.8) is 0 Å². The predicted octanol–water partition coefficient (Wildman–Crippen LogP) is 6.50. The number of carbonyl (C=O) groups is 1. The number of nitrogens with zero attached hydrogens (tertiary/aromatic N) is 3. The maximum atomic E-state index is 12.8. The average Bonchev–Trinajstić information content (AvgIpc) is 3.22. The minimum absolute atomic E-state index is 0.0930. The second-order valence-electron chi connectivity index (χ2n) is 8.38. The third-order valence-corrected chi connectivity index (χ3v) is 7.37. The number of aliphatic imine (C=N–C) groups is 1. The fraction of sp³-hybridized carbons (Fsp3) is 0.375. The number of fused-ring (bicyclic) bond motifs is 1. The Labute approximate surface area is 202 Å². The molecule has 1 aromatic heterocycles. The predicted molar refractivity (Wildman–Crippen MR) is 131 cm³/mol. The highest BCUT2D eigenvalue weighted by Gasteiger charge is 2.53. The van der Waals surface area contributed by atoms with E-state index in [2.05, 4.69) is 30.7 Å². The molecule has 2 unspecified atom stereocenters. The number of hydrogen-bond acceptors (Lipinski definition) is 6. The molecular weight excluding hydrogens is 465 g/mol. The second kappa shape index (κ2) is 8.73. The molecule has 0 spiro atoms. The zero-order valence-corrected chi connectivity index (χ0v) is 21.0. The molecule has 168 valence electrons. The zero-order valence-electron chi connectivity index (χ0n) is 18.6. The van der Waals surface area contributed by atoms with Crippen LogP contribution in [0.2, 0.25) is 10.2 Å². The van der Waals surface area contributed by atoms with Crippen molar-refractivity contribution in [1.82, 2.24) is 9.88 Å². The van der Waals surface area contributed by atoms with Gasteiger partial charge in [-0.1, -0.05) is 49.2 Å². The molecule has 0 bridgehead atoms. The Morgan fingerprint density at radius 2 is 2.03 bits per heavy atom. The Morgan fingerprint density at radius 3 is 2.62 bits per heavy atom. The van der Waals surface area contributed by atoms with Crippen LogP contribution in [0.1, 0.15) is 50.4 Å². The number of thioether (sulfide) groups is 1. The van der Waals surface area contributed by atoms with E-state index in [0.29, 0.717) is 21.7 Å². The maximum Gasteiger partial charge on any atom is 0.346 e. The van der Waals surface area contributed by atoms with Gasteiger partial charge in [0.05, 0.1) is 12.6 Å². The van der Waals surface area contributed by atoms with Gasteiger partial charge in [-0.25, -0.2) is 14.8 Å². The summed E-state index contributed by atoms with van der Waals surface area (Å²) < 4.78 is 5.36. The lowest BCUT2D eigenvalue weighted by Crippen LogP contribution is -2.36. The Balaban J connectivity index is 1.93. The SMILES string of the molecule is CCOC(=O)C1=C(C(C)C)N2C(=NC(C)(c3ccc(Cl)nc3)C2c2ccc(Cl)cc2C)S1. The van der Waals surface area contributed by atoms with Crippen molar-refractivity contribution in [3.05, 3.63) is 74.0 Å². The fourth-order valence-corrected chi connectivity index (χ4v) is 6.05. The van der Waals surface area contributed by atoms with Gasteiger partial charge in [0, 0.05) is 22.5 Å². The third kappa shape index (κ3) is 3.82. The third-order valence-electron chi connectivity index (χ3n) is 5.86. The molecule has 0 aliphatic carbocycles. The minimum atomic E-state index is -0.640. The van der Waals surface area contributed by atoms with Crippen molar-refractivity contribution in [2.24, 2.45) is 10.9 Å². The first kappa shape index (κ1) is 23.1. The molecule has 0 saturated carbocycles. The molecule has 0 amide bonds. The summed E-state index contributed by atoms with van der Waals surface area (Å²) in [5.74, 6) is -0.213. The average molecular weight is 490 g/mol. The van der Waals surface area contributed by atoms with Gasteiger partial charge >= 0.3 is 5.97 Å². The van der Waals surface area contributed by atoms with Crippen LogP contribution in [0.5, 0.6) is 0 Å². The van der Waals surface area contributed by atoms with Crippen molar-refractivity contribution < 1.29 is 9.53 Å². The van der Waals surface area contributed by atoms with Crippen LogP contribution in [0, 0.1) is 12.8 Å². The van der Waals surface area contributed by atoms with E-state index in [1.807, 2.05) is 38.1 Å². The summed E-state index contributed by atoms with van der Waals surface area (Å²) in [5, 5.41) is 1.90. The van der Waals surface area contributed by atoms with E-state index in [-0.39, 0.29) is 17.9 Å². The lowest BCUT2D eigenvalue weighted by atomic mass is 9.80. The van der Waals surface area contributed by atoms with Crippen molar-refractivity contribution in [3.8, 4) is 0 Å². The van der Waals surface area contributed by atoms with Gasteiger partial charge in [0.1, 0.15) is 15.6 Å². The van der Waals surface area contributed by atoms with Crippen molar-refractivity contribution >= 4 is 46.1 Å². The first-order valence-electron chi connectivity index (χ1n) is 10.5. The summed E-state index contributed by atoms with van der Waals surface area (Å²) in [4.78, 5) is 25.1. The topological polar surface area (TPSA) is 54.8 Å². The fourth-order valence-electron chi connectivity index (χ4n) is 4.41. The Kier molecular flexibility index (Phi) is 6.31. The molecule has 2 aliphatic rings. The van der Waals surface area contributed by atoms with Crippen LogP contribution in [-0.2, 0) is 15.1 Å². The number of rotatable bonds is 5. The van der Waals surface area contributed by atoms with Gasteiger partial charge in [-0.2, -0.15) is 0 Å². The summed E-state index contributed by atoms with van der Waals surface area (Å²) in [6.07, 6.45) is 1.78. The molecule has 4 rings (SSSR count). The highest BCUT2D eigenvalue weighted by molar-refractivity contribution is 8.18. The van der Waals surface area contributed by atoms with E-state index < -0.39 is 5.54 Å². The summed E-state index contributed by atoms with van der Waals surface area (Å²) in [7, 11) is 0. The van der Waals surface area contributed by atoms with Crippen LogP contribution in [0.25, 0.3) is 0 Å². The van der Waals surface area contributed by atoms with Crippen LogP contribution in [-0.4, -0.2) is 27.6 Å². The number of benzene rings is 1. The first-order valence-corrected chi connectivity index (χ1v) is 12.1. The number of carbonyl (C=O) groups excluding carboxylic acids is 1. The second-order valence-corrected chi connectivity index (χ2v) is 10.2. The number of amidine groups is 1. The molecule has 2 aromatic rings. The van der Waals surface area contributed by atoms with E-state index in [0.717, 1.165) is 27.6 Å². The molecule has 2 aliphatic heterocycles. The summed E-state index contributed by atoms with van der Waals surface area (Å²) in [6, 6.07) is 9.48. The zero-order chi connectivity index (χ0) is 23.2. The Hall–Kier alpha value is -2.02. The molecule has 5 nitrogen and oxygen atoms in total. The number of hydrogen-bond donors (Lipinski definition) is 0. The quantitative estimate of drug-likeness (QED) is 0.354. The normalized spacial score (nSPS) is 22.4. The van der Waals surface area contributed by atoms with E-state index >= 15 is 0 Å². The standard InChI is InChI=1S/C24H25Cl2N3O2S/c1-6-31-22(30)20-19(13(2)3)29-21(17-9-8-16(25)11-14(17)4)24(5,28-23(29)32-20)15-7-10-18(26)27-12-15/h7-13,21H,6H2,1-5H3. The van der Waals surface area contributed by atoms with Gasteiger partial charge in [-0.3, -0.25) is 0 Å². The van der Waals surface area contributed by atoms with E-state index in [9.17, 15) is 4.79 Å². The highest BCUT2D eigenvalue weighted by Crippen LogP contribution is 2.56. The number of esters is 1. The lowest BCUT2D eigenvalue weighted by Gasteiger charge is -2.37. The lowest BCUT2D eigenvalue weighted by molar-refractivity contribution is -0.137. The molecule has 2 atom stereocenters. The maximum absolute atomic E-state index is 12.8. The molecule has 0 N–H and O–H groups in total. The molecule has 32 heavy (non-hydrogen) atoms. The Morgan fingerprint density at radius 1 is 1.28 bits per heavy atom. The van der Waals surface area contributed by atoms with E-state index in [4.69, 9.17) is 32.9 Å². The summed E-state index contributed by atoms with van der Waals surface area (Å²) in [6.45, 7) is 10.5. The van der Waals surface area contributed by atoms with E-state index in [1.165, 1.54) is 11.8 Å². The molecule has 8 heteroatoms. The van der Waals surface area contributed by atoms with Crippen LogP contribution < -0.4 is 0 Å². The number of allylic oxidation sites excluding steroid dienone is 1. The number of ether oxygens (including phenoxy) is 1. The largest absolute Gasteiger partial charge is 0.462 e. The number of halogens is 2. The first-order chi connectivity index (χ1) is 15.2. The number of aromatic nitrogens is 1. The van der Waals surface area contributed by atoms with Crippen molar-refractivity contribution in [2.45, 2.75) is 46.2 Å². The van der Waals surface area contributed by atoms with Crippen LogP contribution >= 0.6 is 35.0 Å². The van der Waals surface area contributed by atoms with Crippen molar-refractivity contribution in [2.75, 3.05) is 6.61 Å². The van der Waals surface area contributed by atoms with Gasteiger partial charge in [0.2, 0.25) is 0 Å².